The predicted molar refractivity (Wildman–Crippen MR) is 102 cm³/mol. The standard InChI is InChI=1S/C20H24F3N3O3/c1-15-7-8-17(29-15)19(28,20(21,22)23)9-10-24-18(27)26-13-11-25(12-14-26)16-5-3-2-4-6-16/h2-8,28H,9-14H2,1H3,(H,24,27)/t19-/m0/s1. The number of hydrogen-bond acceptors (Lipinski definition) is 4. The summed E-state index contributed by atoms with van der Waals surface area (Å²) in [4.78, 5) is 16.0. The van der Waals surface area contributed by atoms with Gasteiger partial charge in [-0.1, -0.05) is 18.2 Å². The summed E-state index contributed by atoms with van der Waals surface area (Å²) in [5, 5.41) is 12.7. The van der Waals surface area contributed by atoms with Gasteiger partial charge >= 0.3 is 12.2 Å². The van der Waals surface area contributed by atoms with Crippen molar-refractivity contribution < 1.29 is 27.5 Å². The molecule has 1 fully saturated rings. The van der Waals surface area contributed by atoms with Crippen LogP contribution in [0.15, 0.2) is 46.9 Å². The number of para-hydroxylation sites is 1. The van der Waals surface area contributed by atoms with Crippen molar-refractivity contribution in [3.63, 3.8) is 0 Å². The number of benzene rings is 1. The van der Waals surface area contributed by atoms with E-state index in [1.165, 1.54) is 13.0 Å². The minimum Gasteiger partial charge on any atom is -0.463 e. The van der Waals surface area contributed by atoms with E-state index in [9.17, 15) is 23.1 Å². The summed E-state index contributed by atoms with van der Waals surface area (Å²) in [7, 11) is 0. The molecule has 1 saturated heterocycles. The van der Waals surface area contributed by atoms with Crippen LogP contribution in [0, 0.1) is 6.92 Å². The molecule has 0 bridgehead atoms. The van der Waals surface area contributed by atoms with E-state index in [4.69, 9.17) is 4.42 Å². The molecule has 1 aliphatic rings. The highest BCUT2D eigenvalue weighted by Gasteiger charge is 2.56. The van der Waals surface area contributed by atoms with Crippen molar-refractivity contribution in [1.82, 2.24) is 10.2 Å². The third-order valence-electron chi connectivity index (χ3n) is 5.07. The molecule has 1 aromatic carbocycles. The van der Waals surface area contributed by atoms with Crippen LogP contribution < -0.4 is 10.2 Å². The van der Waals surface area contributed by atoms with Gasteiger partial charge in [-0.2, -0.15) is 13.2 Å². The summed E-state index contributed by atoms with van der Waals surface area (Å²) in [6.45, 7) is 3.35. The number of aryl methyl sites for hydroxylation is 1. The maximum absolute atomic E-state index is 13.4. The lowest BCUT2D eigenvalue weighted by Gasteiger charge is -2.36. The number of urea groups is 1. The van der Waals surface area contributed by atoms with Crippen molar-refractivity contribution in [2.45, 2.75) is 25.1 Å². The highest BCUT2D eigenvalue weighted by Crippen LogP contribution is 2.42. The average Bonchev–Trinajstić information content (AvgIpc) is 3.14. The van der Waals surface area contributed by atoms with Crippen molar-refractivity contribution in [2.75, 3.05) is 37.6 Å². The van der Waals surface area contributed by atoms with Crippen LogP contribution in [0.5, 0.6) is 0 Å². The highest BCUT2D eigenvalue weighted by molar-refractivity contribution is 5.74. The third kappa shape index (κ3) is 4.67. The minimum atomic E-state index is -4.93. The van der Waals surface area contributed by atoms with Crippen molar-refractivity contribution >= 4 is 11.7 Å². The molecule has 0 spiro atoms. The van der Waals surface area contributed by atoms with Crippen LogP contribution in [-0.2, 0) is 5.60 Å². The quantitative estimate of drug-likeness (QED) is 0.793. The number of halogens is 3. The number of anilines is 1. The molecule has 0 unspecified atom stereocenters. The number of amides is 2. The lowest BCUT2D eigenvalue weighted by Crippen LogP contribution is -2.52. The van der Waals surface area contributed by atoms with Gasteiger partial charge in [0.25, 0.3) is 0 Å². The smallest absolute Gasteiger partial charge is 0.424 e. The predicted octanol–water partition coefficient (Wildman–Crippen LogP) is 3.26. The molecule has 1 aromatic heterocycles. The Bertz CT molecular complexity index is 817. The molecule has 158 valence electrons. The van der Waals surface area contributed by atoms with Gasteiger partial charge in [0.15, 0.2) is 0 Å². The van der Waals surface area contributed by atoms with E-state index in [0.717, 1.165) is 11.8 Å². The molecule has 2 aromatic rings. The number of piperazine rings is 1. The zero-order valence-corrected chi connectivity index (χ0v) is 16.1. The molecule has 0 radical (unpaired) electrons. The van der Waals surface area contributed by atoms with E-state index < -0.39 is 30.0 Å². The first kappa shape index (κ1) is 21.0. The maximum Gasteiger partial charge on any atom is 0.424 e. The fraction of sp³-hybridized carbons (Fsp3) is 0.450. The van der Waals surface area contributed by atoms with Gasteiger partial charge in [-0.05, 0) is 31.2 Å². The van der Waals surface area contributed by atoms with Gasteiger partial charge in [0.1, 0.15) is 11.5 Å². The Labute approximate surface area is 166 Å². The first-order valence-corrected chi connectivity index (χ1v) is 9.39. The van der Waals surface area contributed by atoms with Crippen LogP contribution in [0.25, 0.3) is 0 Å². The van der Waals surface area contributed by atoms with Gasteiger partial charge in [-0.3, -0.25) is 0 Å². The molecule has 29 heavy (non-hydrogen) atoms. The summed E-state index contributed by atoms with van der Waals surface area (Å²) in [6, 6.07) is 11.8. The van der Waals surface area contributed by atoms with Crippen LogP contribution in [-0.4, -0.2) is 54.9 Å². The zero-order chi connectivity index (χ0) is 21.1. The van der Waals surface area contributed by atoms with Gasteiger partial charge in [0.05, 0.1) is 0 Å². The number of carbonyl (C=O) groups excluding carboxylic acids is 1. The SMILES string of the molecule is Cc1ccc([C@@](O)(CCNC(=O)N2CCN(c3ccccc3)CC2)C(F)(F)F)o1. The molecule has 6 nitrogen and oxygen atoms in total. The molecule has 0 aliphatic carbocycles. The van der Waals surface area contributed by atoms with E-state index in [-0.39, 0.29) is 12.3 Å². The first-order valence-electron chi connectivity index (χ1n) is 9.39. The molecule has 2 N–H and O–H groups in total. The number of rotatable bonds is 5. The molecular weight excluding hydrogens is 387 g/mol. The Morgan fingerprint density at radius 1 is 1.10 bits per heavy atom. The number of furan rings is 1. The Balaban J connectivity index is 1.52. The Kier molecular flexibility index (Phi) is 6.07. The van der Waals surface area contributed by atoms with E-state index in [2.05, 4.69) is 10.2 Å². The number of aliphatic hydroxyl groups is 1. The maximum atomic E-state index is 13.4. The van der Waals surface area contributed by atoms with Crippen LogP contribution in [0.3, 0.4) is 0 Å². The van der Waals surface area contributed by atoms with Crippen LogP contribution in [0.1, 0.15) is 17.9 Å². The monoisotopic (exact) mass is 411 g/mol. The average molecular weight is 411 g/mol. The minimum absolute atomic E-state index is 0.267. The largest absolute Gasteiger partial charge is 0.463 e. The molecule has 9 heteroatoms. The molecule has 0 saturated carbocycles. The number of alkyl halides is 3. The molecular formula is C20H24F3N3O3. The van der Waals surface area contributed by atoms with Crippen molar-refractivity contribution in [2.24, 2.45) is 0 Å². The van der Waals surface area contributed by atoms with Gasteiger partial charge in [-0.25, -0.2) is 4.79 Å². The van der Waals surface area contributed by atoms with Gasteiger partial charge < -0.3 is 24.6 Å². The van der Waals surface area contributed by atoms with E-state index in [0.29, 0.717) is 26.2 Å². The number of hydrogen-bond donors (Lipinski definition) is 2. The van der Waals surface area contributed by atoms with E-state index in [1.807, 2.05) is 30.3 Å². The Morgan fingerprint density at radius 2 is 1.76 bits per heavy atom. The van der Waals surface area contributed by atoms with Crippen LogP contribution >= 0.6 is 0 Å². The number of nitrogens with zero attached hydrogens (tertiary/aromatic N) is 2. The Hall–Kier alpha value is -2.68. The summed E-state index contributed by atoms with van der Waals surface area (Å²) in [5.41, 5.74) is -2.09. The summed E-state index contributed by atoms with van der Waals surface area (Å²) in [5.74, 6) is -0.309. The normalized spacial score (nSPS) is 17.1. The number of nitrogens with one attached hydrogen (secondary N) is 1. The second kappa shape index (κ2) is 8.36. The topological polar surface area (TPSA) is 69.0 Å². The molecule has 1 atom stereocenters. The van der Waals surface area contributed by atoms with Crippen molar-refractivity contribution in [3.8, 4) is 0 Å². The van der Waals surface area contributed by atoms with Crippen LogP contribution in [0.4, 0.5) is 23.7 Å². The van der Waals surface area contributed by atoms with Gasteiger partial charge in [0.2, 0.25) is 5.60 Å². The molecule has 3 rings (SSSR count). The summed E-state index contributed by atoms with van der Waals surface area (Å²) < 4.78 is 45.3. The molecule has 2 amide bonds. The summed E-state index contributed by atoms with van der Waals surface area (Å²) >= 11 is 0. The lowest BCUT2D eigenvalue weighted by molar-refractivity contribution is -0.274. The second-order valence-corrected chi connectivity index (χ2v) is 7.06. The fourth-order valence-electron chi connectivity index (χ4n) is 3.33. The Morgan fingerprint density at radius 3 is 2.31 bits per heavy atom. The van der Waals surface area contributed by atoms with Crippen LogP contribution in [0.2, 0.25) is 0 Å². The zero-order valence-electron chi connectivity index (χ0n) is 16.1. The first-order chi connectivity index (χ1) is 13.7. The number of carbonyl (C=O) groups is 1. The van der Waals surface area contributed by atoms with Crippen molar-refractivity contribution in [3.05, 3.63) is 54.0 Å². The van der Waals surface area contributed by atoms with Gasteiger partial charge in [-0.15, -0.1) is 0 Å². The van der Waals surface area contributed by atoms with Gasteiger partial charge in [0, 0.05) is 44.8 Å². The van der Waals surface area contributed by atoms with E-state index in [1.54, 1.807) is 4.90 Å². The summed E-state index contributed by atoms with van der Waals surface area (Å²) in [6.07, 6.45) is -5.66. The highest BCUT2D eigenvalue weighted by atomic mass is 19.4. The molecule has 1 aliphatic heterocycles. The van der Waals surface area contributed by atoms with Crippen molar-refractivity contribution in [1.29, 1.82) is 0 Å². The van der Waals surface area contributed by atoms with E-state index >= 15 is 0 Å². The fourth-order valence-corrected chi connectivity index (χ4v) is 3.33. The molecule has 2 heterocycles. The lowest BCUT2D eigenvalue weighted by atomic mass is 9.96. The second-order valence-electron chi connectivity index (χ2n) is 7.06. The third-order valence-corrected chi connectivity index (χ3v) is 5.07.